The second-order valence-corrected chi connectivity index (χ2v) is 12.3. The van der Waals surface area contributed by atoms with Gasteiger partial charge in [0.25, 0.3) is 0 Å². The summed E-state index contributed by atoms with van der Waals surface area (Å²) >= 11 is 0. The summed E-state index contributed by atoms with van der Waals surface area (Å²) in [6.07, 6.45) is 6.68. The number of esters is 1. The van der Waals surface area contributed by atoms with Crippen molar-refractivity contribution in [2.75, 3.05) is 20.3 Å². The van der Waals surface area contributed by atoms with Crippen LogP contribution in [-0.4, -0.2) is 47.8 Å². The smallest absolute Gasteiger partial charge is 0.332 e. The van der Waals surface area contributed by atoms with Gasteiger partial charge in [-0.05, 0) is 99.2 Å². The maximum absolute atomic E-state index is 14.0. The van der Waals surface area contributed by atoms with Crippen LogP contribution in [-0.2, 0) is 20.7 Å². The summed E-state index contributed by atoms with van der Waals surface area (Å²) in [7, 11) is 1.51. The lowest BCUT2D eigenvalue weighted by Crippen LogP contribution is -2.49. The van der Waals surface area contributed by atoms with Gasteiger partial charge in [-0.3, -0.25) is 0 Å². The normalized spacial score (nSPS) is 24.4. The number of aromatic nitrogens is 2. The summed E-state index contributed by atoms with van der Waals surface area (Å²) < 4.78 is 25.4. The number of nitrogens with zero attached hydrogens (tertiary/aromatic N) is 1. The second-order valence-electron chi connectivity index (χ2n) is 12.3. The zero-order chi connectivity index (χ0) is 28.3. The lowest BCUT2D eigenvalue weighted by Gasteiger charge is -2.47. The Morgan fingerprint density at radius 3 is 2.55 bits per heavy atom. The van der Waals surface area contributed by atoms with E-state index in [1.807, 2.05) is 18.2 Å². The summed E-state index contributed by atoms with van der Waals surface area (Å²) in [5.74, 6) is 1.88. The van der Waals surface area contributed by atoms with Gasteiger partial charge in [0.1, 0.15) is 23.8 Å². The molecule has 0 radical (unpaired) electrons. The Kier molecular flexibility index (Phi) is 12.3. The molecule has 0 bridgehead atoms. The number of carbonyl (C=O) groups excluding carboxylic acids is 1. The van der Waals surface area contributed by atoms with Crippen LogP contribution in [0.1, 0.15) is 88.1 Å². The lowest BCUT2D eigenvalue weighted by atomic mass is 9.65. The average Bonchev–Trinajstić information content (AvgIpc) is 3.37. The first-order valence-corrected chi connectivity index (χ1v) is 15.0. The number of aryl methyl sites for hydroxylation is 1. The summed E-state index contributed by atoms with van der Waals surface area (Å²) in [5, 5.41) is 3.79. The summed E-state index contributed by atoms with van der Waals surface area (Å²) in [6, 6.07) is 13.7. The molecule has 2 aliphatic rings. The summed E-state index contributed by atoms with van der Waals surface area (Å²) in [4.78, 5) is 21.2. The third-order valence-electron chi connectivity index (χ3n) is 9.36. The highest BCUT2D eigenvalue weighted by Crippen LogP contribution is 2.48. The minimum atomic E-state index is -0.652. The molecule has 1 fully saturated rings. The molecule has 0 saturated heterocycles. The van der Waals surface area contributed by atoms with Gasteiger partial charge in [0.15, 0.2) is 0 Å². The van der Waals surface area contributed by atoms with E-state index in [1.165, 1.54) is 13.2 Å². The first kappa shape index (κ1) is 34.3. The van der Waals surface area contributed by atoms with Gasteiger partial charge in [-0.25, -0.2) is 14.2 Å². The minimum absolute atomic E-state index is 0. The summed E-state index contributed by atoms with van der Waals surface area (Å²) in [6.45, 7) is 7.30. The van der Waals surface area contributed by atoms with Crippen molar-refractivity contribution < 1.29 is 18.7 Å². The Morgan fingerprint density at radius 2 is 1.86 bits per heavy atom. The van der Waals surface area contributed by atoms with Gasteiger partial charge in [0, 0.05) is 31.4 Å². The van der Waals surface area contributed by atoms with E-state index in [0.717, 1.165) is 60.2 Å². The van der Waals surface area contributed by atoms with Crippen LogP contribution in [0.25, 0.3) is 11.0 Å². The predicted octanol–water partition coefficient (Wildman–Crippen LogP) is 7.50. The number of ether oxygens (including phenoxy) is 2. The van der Waals surface area contributed by atoms with Gasteiger partial charge in [-0.2, -0.15) is 0 Å². The number of halogens is 3. The molecule has 6 nitrogen and oxygen atoms in total. The number of carbonyl (C=O) groups is 1. The Labute approximate surface area is 261 Å². The molecule has 1 saturated carbocycles. The maximum atomic E-state index is 14.0. The number of H-pyrrole nitrogens is 1. The molecule has 0 amide bonds. The van der Waals surface area contributed by atoms with Crippen molar-refractivity contribution in [3.05, 3.63) is 65.2 Å². The minimum Gasteiger partial charge on any atom is -0.457 e. The highest BCUT2D eigenvalue weighted by atomic mass is 35.5. The molecule has 3 aromatic rings. The van der Waals surface area contributed by atoms with Crippen molar-refractivity contribution in [3.8, 4) is 0 Å². The largest absolute Gasteiger partial charge is 0.457 e. The molecule has 2 aliphatic carbocycles. The molecule has 2 N–H and O–H groups in total. The molecule has 1 heterocycles. The number of imidazole rings is 1. The van der Waals surface area contributed by atoms with Gasteiger partial charge >= 0.3 is 5.97 Å². The van der Waals surface area contributed by atoms with Crippen molar-refractivity contribution in [2.45, 2.75) is 89.2 Å². The van der Waals surface area contributed by atoms with Crippen LogP contribution in [0.4, 0.5) is 4.39 Å². The summed E-state index contributed by atoms with van der Waals surface area (Å²) in [5.41, 5.74) is 3.64. The third kappa shape index (κ3) is 7.47. The molecule has 0 spiro atoms. The second kappa shape index (κ2) is 15.0. The maximum Gasteiger partial charge on any atom is 0.332 e. The number of rotatable bonds is 10. The number of fused-ring (bicyclic) bond motifs is 2. The lowest BCUT2D eigenvalue weighted by molar-refractivity contribution is -0.171. The number of methoxy groups -OCH3 is 1. The Morgan fingerprint density at radius 1 is 1.12 bits per heavy atom. The first-order valence-electron chi connectivity index (χ1n) is 15.0. The van der Waals surface area contributed by atoms with E-state index in [2.05, 4.69) is 43.2 Å². The van der Waals surface area contributed by atoms with Gasteiger partial charge in [-0.1, -0.05) is 32.0 Å². The van der Waals surface area contributed by atoms with Crippen molar-refractivity contribution in [2.24, 2.45) is 11.8 Å². The highest BCUT2D eigenvalue weighted by molar-refractivity contribution is 5.85. The van der Waals surface area contributed by atoms with Crippen LogP contribution >= 0.6 is 24.8 Å². The van der Waals surface area contributed by atoms with Crippen LogP contribution in [0.5, 0.6) is 0 Å². The van der Waals surface area contributed by atoms with Crippen molar-refractivity contribution >= 4 is 41.8 Å². The van der Waals surface area contributed by atoms with Gasteiger partial charge in [-0.15, -0.1) is 24.8 Å². The Hall–Kier alpha value is -2.19. The molecule has 3 atom stereocenters. The van der Waals surface area contributed by atoms with Crippen LogP contribution < -0.4 is 5.32 Å². The molecule has 1 aromatic heterocycles. The zero-order valence-corrected chi connectivity index (χ0v) is 26.8. The Balaban J connectivity index is 0.00000242. The monoisotopic (exact) mass is 621 g/mol. The van der Waals surface area contributed by atoms with E-state index in [4.69, 9.17) is 14.5 Å². The fourth-order valence-corrected chi connectivity index (χ4v) is 7.40. The number of para-hydroxylation sites is 2. The zero-order valence-electron chi connectivity index (χ0n) is 25.2. The fourth-order valence-electron chi connectivity index (χ4n) is 7.40. The van der Waals surface area contributed by atoms with E-state index >= 15 is 0 Å². The molecule has 42 heavy (non-hydrogen) atoms. The molecular weight excluding hydrogens is 576 g/mol. The standard InChI is InChI=1S/C33H44FN3O3.2ClH/c1-21(2)31-27-14-13-26(34)19-25(27)15-16-33(31,40-30(38)20-39-4)17-18-35-22(3)23-9-11-24(12-10-23)32-36-28-7-5-6-8-29(28)37-32;;/h5-8,13-14,19,21-24,31,35H,9-12,15-18,20H2,1-4H3,(H,36,37);2*1H/t22?,23-,24-,31-,33-;;/m0../s1. The molecule has 2 aromatic carbocycles. The van der Waals surface area contributed by atoms with Gasteiger partial charge in [0.05, 0.1) is 11.0 Å². The van der Waals surface area contributed by atoms with Crippen LogP contribution in [0, 0.1) is 17.7 Å². The van der Waals surface area contributed by atoms with E-state index in [1.54, 1.807) is 6.07 Å². The molecule has 9 heteroatoms. The number of hydrogen-bond acceptors (Lipinski definition) is 5. The van der Waals surface area contributed by atoms with Gasteiger partial charge < -0.3 is 19.8 Å². The van der Waals surface area contributed by atoms with Gasteiger partial charge in [0.2, 0.25) is 0 Å². The number of nitrogens with one attached hydrogen (secondary N) is 2. The van der Waals surface area contributed by atoms with E-state index in [-0.39, 0.29) is 55.0 Å². The molecule has 0 aliphatic heterocycles. The van der Waals surface area contributed by atoms with Crippen molar-refractivity contribution in [3.63, 3.8) is 0 Å². The molecular formula is C33H46Cl2FN3O3. The quantitative estimate of drug-likeness (QED) is 0.229. The highest BCUT2D eigenvalue weighted by Gasteiger charge is 2.47. The van der Waals surface area contributed by atoms with E-state index in [9.17, 15) is 9.18 Å². The molecule has 232 valence electrons. The van der Waals surface area contributed by atoms with Crippen LogP contribution in [0.3, 0.4) is 0 Å². The average molecular weight is 623 g/mol. The predicted molar refractivity (Wildman–Crippen MR) is 170 cm³/mol. The van der Waals surface area contributed by atoms with Crippen molar-refractivity contribution in [1.29, 1.82) is 0 Å². The molecule has 1 unspecified atom stereocenters. The van der Waals surface area contributed by atoms with E-state index < -0.39 is 5.60 Å². The van der Waals surface area contributed by atoms with E-state index in [0.29, 0.717) is 37.1 Å². The van der Waals surface area contributed by atoms with Crippen LogP contribution in [0.15, 0.2) is 42.5 Å². The number of aromatic amines is 1. The van der Waals surface area contributed by atoms with Crippen molar-refractivity contribution in [1.82, 2.24) is 15.3 Å². The Bertz CT molecular complexity index is 1280. The topological polar surface area (TPSA) is 76.2 Å². The number of benzene rings is 2. The molecule has 5 rings (SSSR count). The number of hydrogen-bond donors (Lipinski definition) is 2. The SMILES string of the molecule is COCC(=O)O[C@]1(CCNC(C)[C@H]2CC[C@H](c3nc4ccccc4[nH]3)CC2)CCc2cc(F)ccc2[C@@H]1C(C)C.Cl.Cl. The third-order valence-corrected chi connectivity index (χ3v) is 9.36. The first-order chi connectivity index (χ1) is 19.3. The fraction of sp³-hybridized carbons (Fsp3) is 0.576. The van der Waals surface area contributed by atoms with Crippen LogP contribution in [0.2, 0.25) is 0 Å².